The van der Waals surface area contributed by atoms with Crippen molar-refractivity contribution in [2.24, 2.45) is 0 Å². The molecule has 0 heterocycles. The number of rotatable bonds is 8. The van der Waals surface area contributed by atoms with Gasteiger partial charge in [0.2, 0.25) is 0 Å². The predicted octanol–water partition coefficient (Wildman–Crippen LogP) is 3.60. The molecule has 0 saturated heterocycles. The molecule has 84 valence electrons. The summed E-state index contributed by atoms with van der Waals surface area (Å²) in [5.74, 6) is 0. The lowest BCUT2D eigenvalue weighted by molar-refractivity contribution is 0.343. The molecule has 0 radical (unpaired) electrons. The summed E-state index contributed by atoms with van der Waals surface area (Å²) in [7, 11) is 0. The molecule has 0 aliphatic heterocycles. The summed E-state index contributed by atoms with van der Waals surface area (Å²) in [6.45, 7) is 3.61. The fourth-order valence-corrected chi connectivity index (χ4v) is 5.70. The maximum absolute atomic E-state index is 12.0. The topological polar surface area (TPSA) is 38.3 Å². The summed E-state index contributed by atoms with van der Waals surface area (Å²) < 4.78 is 17.2. The molecule has 0 aliphatic carbocycles. The van der Waals surface area contributed by atoms with Gasteiger partial charge >= 0.3 is 6.72 Å². The van der Waals surface area contributed by atoms with Crippen molar-refractivity contribution in [3.8, 4) is 0 Å². The third kappa shape index (κ3) is 6.02. The van der Waals surface area contributed by atoms with Gasteiger partial charge in [0.1, 0.15) is 0 Å². The molecule has 0 fully saturated rings. The van der Waals surface area contributed by atoms with Crippen LogP contribution in [-0.4, -0.2) is 17.3 Å². The van der Waals surface area contributed by atoms with E-state index in [0.717, 1.165) is 12.8 Å². The van der Waals surface area contributed by atoms with Crippen molar-refractivity contribution in [1.29, 1.82) is 0 Å². The van der Waals surface area contributed by atoms with Crippen LogP contribution in [0.4, 0.5) is 0 Å². The van der Waals surface area contributed by atoms with Gasteiger partial charge in [-0.25, -0.2) is 0 Å². The highest BCUT2D eigenvalue weighted by Gasteiger charge is 2.24. The van der Waals surface area contributed by atoms with Crippen LogP contribution in [0.25, 0.3) is 0 Å². The van der Waals surface area contributed by atoms with Crippen LogP contribution in [0.2, 0.25) is 0 Å². The molecular weight excluding hydrogens is 237 g/mol. The molecule has 0 saturated carbocycles. The third-order valence-corrected chi connectivity index (χ3v) is 6.28. The van der Waals surface area contributed by atoms with Crippen molar-refractivity contribution in [2.45, 2.75) is 38.9 Å². The lowest BCUT2D eigenvalue weighted by atomic mass is 10.3. The van der Waals surface area contributed by atoms with E-state index in [1.165, 1.54) is 16.9 Å². The molecule has 2 unspecified atom stereocenters. The average Bonchev–Trinajstić information content (AvgIpc) is 2.04. The smallest absolute Gasteiger partial charge is 0.306 e. The molecular formula is C8H18NO2PS2. The highest BCUT2D eigenvalue weighted by atomic mass is 32.7. The highest BCUT2D eigenvalue weighted by molar-refractivity contribution is 8.56. The van der Waals surface area contributed by atoms with Gasteiger partial charge < -0.3 is 9.61 Å². The summed E-state index contributed by atoms with van der Waals surface area (Å²) in [6, 6.07) is 0. The number of hydrogen-bond donors (Lipinski definition) is 1. The molecule has 0 rings (SSSR count). The molecule has 0 spiro atoms. The van der Waals surface area contributed by atoms with Gasteiger partial charge in [0, 0.05) is 5.25 Å². The molecule has 14 heavy (non-hydrogen) atoms. The molecule has 0 aromatic rings. The summed E-state index contributed by atoms with van der Waals surface area (Å²) in [6.07, 6.45) is 2.11. The van der Waals surface area contributed by atoms with E-state index in [1.54, 1.807) is 0 Å². The van der Waals surface area contributed by atoms with E-state index in [0.29, 0.717) is 11.9 Å². The Morgan fingerprint density at radius 2 is 2.29 bits per heavy atom. The zero-order chi connectivity index (χ0) is 11.0. The Hall–Kier alpha value is 0.430. The van der Waals surface area contributed by atoms with Crippen LogP contribution >= 0.6 is 30.3 Å². The van der Waals surface area contributed by atoms with Crippen molar-refractivity contribution in [3.63, 3.8) is 0 Å². The summed E-state index contributed by atoms with van der Waals surface area (Å²) in [5.41, 5.74) is 1.27. The van der Waals surface area contributed by atoms with Gasteiger partial charge in [0.15, 0.2) is 0 Å². The van der Waals surface area contributed by atoms with Crippen LogP contribution in [0.1, 0.15) is 33.6 Å². The molecule has 1 N–H and O–H groups in total. The van der Waals surface area contributed by atoms with Crippen LogP contribution < -0.4 is 5.09 Å². The third-order valence-electron chi connectivity index (χ3n) is 1.52. The maximum atomic E-state index is 12.0. The fraction of sp³-hybridized carbons (Fsp3) is 0.875. The first kappa shape index (κ1) is 14.4. The fourth-order valence-electron chi connectivity index (χ4n) is 1.03. The molecule has 0 aromatic carbocycles. The van der Waals surface area contributed by atoms with Crippen LogP contribution in [0.3, 0.4) is 0 Å². The van der Waals surface area contributed by atoms with Gasteiger partial charge in [-0.1, -0.05) is 32.5 Å². The van der Waals surface area contributed by atoms with Gasteiger partial charge in [0.05, 0.1) is 12.1 Å². The van der Waals surface area contributed by atoms with Gasteiger partial charge in [0.25, 0.3) is 0 Å². The highest BCUT2D eigenvalue weighted by Crippen LogP contribution is 2.57. The molecule has 0 aromatic heterocycles. The first-order chi connectivity index (χ1) is 6.58. The van der Waals surface area contributed by atoms with E-state index in [1.807, 2.05) is 13.8 Å². The van der Waals surface area contributed by atoms with Crippen LogP contribution in [0, 0.1) is 0 Å². The second-order valence-electron chi connectivity index (χ2n) is 2.87. The number of nitrogens with one attached hydrogen (secondary N) is 1. The Bertz CT molecular complexity index is 214. The molecule has 6 heteroatoms. The summed E-state index contributed by atoms with van der Waals surface area (Å²) in [5, 5.41) is 2.95. The number of hydrogen-bond acceptors (Lipinski definition) is 4. The van der Waals surface area contributed by atoms with Gasteiger partial charge in [-0.2, -0.15) is 0 Å². The lowest BCUT2D eigenvalue weighted by Gasteiger charge is -2.19. The van der Waals surface area contributed by atoms with E-state index in [2.05, 4.69) is 24.2 Å². The second-order valence-corrected chi connectivity index (χ2v) is 7.70. The van der Waals surface area contributed by atoms with Crippen molar-refractivity contribution < 1.29 is 9.09 Å². The molecule has 0 bridgehead atoms. The minimum Gasteiger partial charge on any atom is -0.306 e. The molecule has 0 aliphatic rings. The SMILES string of the molecule is CCCC(C)SP(=O)(NC=S)OCC. The predicted molar refractivity (Wildman–Crippen MR) is 68.0 cm³/mol. The van der Waals surface area contributed by atoms with Crippen molar-refractivity contribution >= 4 is 35.8 Å². The zero-order valence-electron chi connectivity index (χ0n) is 8.86. The monoisotopic (exact) mass is 255 g/mol. The van der Waals surface area contributed by atoms with Crippen molar-refractivity contribution in [2.75, 3.05) is 6.61 Å². The Morgan fingerprint density at radius 3 is 2.71 bits per heavy atom. The van der Waals surface area contributed by atoms with Crippen LogP contribution in [0.15, 0.2) is 0 Å². The van der Waals surface area contributed by atoms with E-state index in [4.69, 9.17) is 4.52 Å². The minimum absolute atomic E-state index is 0.319. The van der Waals surface area contributed by atoms with Crippen LogP contribution in [0.5, 0.6) is 0 Å². The standard InChI is InChI=1S/C8H18NO2PS2/c1-4-6-8(3)14-12(10,9-7-13)11-5-2/h7-8H,4-6H2,1-3H3,(H,9,10,13). The Kier molecular flexibility index (Phi) is 7.92. The van der Waals surface area contributed by atoms with Crippen molar-refractivity contribution in [1.82, 2.24) is 5.09 Å². The maximum Gasteiger partial charge on any atom is 0.351 e. The van der Waals surface area contributed by atoms with E-state index >= 15 is 0 Å². The van der Waals surface area contributed by atoms with Gasteiger partial charge in [-0.15, -0.1) is 0 Å². The van der Waals surface area contributed by atoms with E-state index < -0.39 is 6.72 Å². The summed E-state index contributed by atoms with van der Waals surface area (Å²) >= 11 is 5.98. The average molecular weight is 255 g/mol. The lowest BCUT2D eigenvalue weighted by Crippen LogP contribution is -2.09. The normalized spacial score (nSPS) is 17.1. The molecule has 3 nitrogen and oxygen atoms in total. The van der Waals surface area contributed by atoms with E-state index in [9.17, 15) is 4.57 Å². The Morgan fingerprint density at radius 1 is 1.64 bits per heavy atom. The Labute approximate surface area is 95.6 Å². The van der Waals surface area contributed by atoms with Gasteiger partial charge in [-0.05, 0) is 24.7 Å². The summed E-state index contributed by atoms with van der Waals surface area (Å²) in [4.78, 5) is 0. The van der Waals surface area contributed by atoms with Gasteiger partial charge in [-0.3, -0.25) is 4.57 Å². The van der Waals surface area contributed by atoms with Crippen LogP contribution in [-0.2, 0) is 9.09 Å². The van der Waals surface area contributed by atoms with Crippen molar-refractivity contribution in [3.05, 3.63) is 0 Å². The zero-order valence-corrected chi connectivity index (χ0v) is 11.4. The molecule has 0 amide bonds. The quantitative estimate of drug-likeness (QED) is 0.530. The number of thiocarbonyl (C=S) groups is 1. The molecule has 2 atom stereocenters. The van der Waals surface area contributed by atoms with E-state index in [-0.39, 0.29) is 0 Å². The minimum atomic E-state index is -2.80. The largest absolute Gasteiger partial charge is 0.351 e. The second kappa shape index (κ2) is 7.69. The first-order valence-corrected chi connectivity index (χ1v) is 8.30. The Balaban J connectivity index is 4.20. The first-order valence-electron chi connectivity index (χ1n) is 4.72.